The summed E-state index contributed by atoms with van der Waals surface area (Å²) in [6.07, 6.45) is 1.04. The number of halogens is 1. The van der Waals surface area contributed by atoms with Gasteiger partial charge in [0.2, 0.25) is 0 Å². The lowest BCUT2D eigenvalue weighted by atomic mass is 9.67. The number of amides is 1. The third-order valence-corrected chi connectivity index (χ3v) is 5.99. The number of carbonyl (C=O) groups is 4. The average Bonchev–Trinajstić information content (AvgIpc) is 3.06. The Bertz CT molecular complexity index is 1270. The maximum absolute atomic E-state index is 14.0. The number of Topliss-reactive ketones (excluding diaryl/α,β-unsaturated/α-hetero) is 2. The van der Waals surface area contributed by atoms with Gasteiger partial charge in [-0.3, -0.25) is 19.2 Å². The van der Waals surface area contributed by atoms with Gasteiger partial charge in [-0.1, -0.05) is 18.2 Å². The highest BCUT2D eigenvalue weighted by Crippen LogP contribution is 2.56. The van der Waals surface area contributed by atoms with Crippen molar-refractivity contribution in [2.24, 2.45) is 5.92 Å². The largest absolute Gasteiger partial charge is 0.507 e. The SMILES string of the molecule is COc1cc(O)c2c(c1C(=O)NCc1ccccc1F)OC1=CC(=O)C(C(C)=O)C(=O)[C@]12C. The summed E-state index contributed by atoms with van der Waals surface area (Å²) in [5, 5.41) is 13.3. The van der Waals surface area contributed by atoms with E-state index in [1.54, 1.807) is 6.07 Å². The Labute approximate surface area is 188 Å². The highest BCUT2D eigenvalue weighted by molar-refractivity contribution is 6.27. The van der Waals surface area contributed by atoms with E-state index in [1.165, 1.54) is 32.2 Å². The summed E-state index contributed by atoms with van der Waals surface area (Å²) in [4.78, 5) is 50.7. The predicted molar refractivity (Wildman–Crippen MR) is 112 cm³/mol. The van der Waals surface area contributed by atoms with Crippen LogP contribution in [-0.2, 0) is 26.3 Å². The highest BCUT2D eigenvalue weighted by atomic mass is 19.1. The molecule has 2 N–H and O–H groups in total. The van der Waals surface area contributed by atoms with Crippen molar-refractivity contribution >= 4 is 23.3 Å². The summed E-state index contributed by atoms with van der Waals surface area (Å²) >= 11 is 0. The standard InChI is InChI=1S/C24H20FNO7/c1-11(27)18-14(28)9-17-24(2,22(18)30)20-15(29)8-16(32-3)19(21(20)33-17)23(31)26-10-12-6-4-5-7-13(12)25/h4-9,18,29H,10H2,1-3H3,(H,26,31)/t18?,24-/m1/s1. The van der Waals surface area contributed by atoms with E-state index in [2.05, 4.69) is 5.32 Å². The van der Waals surface area contributed by atoms with E-state index in [9.17, 15) is 28.7 Å². The first-order chi connectivity index (χ1) is 15.6. The van der Waals surface area contributed by atoms with Gasteiger partial charge in [-0.2, -0.15) is 0 Å². The Hall–Kier alpha value is -4.01. The lowest BCUT2D eigenvalue weighted by Crippen LogP contribution is -2.47. The second-order valence-electron chi connectivity index (χ2n) is 8.00. The Kier molecular flexibility index (Phi) is 5.27. The van der Waals surface area contributed by atoms with Crippen LogP contribution >= 0.6 is 0 Å². The number of fused-ring (bicyclic) bond motifs is 3. The molecule has 170 valence electrons. The third-order valence-electron chi connectivity index (χ3n) is 5.99. The molecule has 0 saturated carbocycles. The average molecular weight is 453 g/mol. The van der Waals surface area contributed by atoms with Crippen molar-refractivity contribution in [1.29, 1.82) is 0 Å². The van der Waals surface area contributed by atoms with Gasteiger partial charge in [-0.25, -0.2) is 4.39 Å². The van der Waals surface area contributed by atoms with E-state index >= 15 is 0 Å². The van der Waals surface area contributed by atoms with E-state index in [0.29, 0.717) is 0 Å². The van der Waals surface area contributed by atoms with Gasteiger partial charge in [0.05, 0.1) is 12.7 Å². The van der Waals surface area contributed by atoms with Gasteiger partial charge in [0.15, 0.2) is 17.3 Å². The first-order valence-electron chi connectivity index (χ1n) is 10.1. The number of phenolic OH excluding ortho intramolecular Hbond substituents is 1. The Morgan fingerprint density at radius 3 is 2.61 bits per heavy atom. The lowest BCUT2D eigenvalue weighted by Gasteiger charge is -2.30. The molecule has 0 spiro atoms. The molecular weight excluding hydrogens is 433 g/mol. The van der Waals surface area contributed by atoms with Crippen LogP contribution in [0.15, 0.2) is 42.2 Å². The number of hydrogen-bond donors (Lipinski definition) is 2. The van der Waals surface area contributed by atoms with Crippen LogP contribution in [0.5, 0.6) is 17.2 Å². The number of methoxy groups -OCH3 is 1. The van der Waals surface area contributed by atoms with Crippen molar-refractivity contribution in [3.8, 4) is 17.2 Å². The summed E-state index contributed by atoms with van der Waals surface area (Å²) in [5.74, 6) is -5.59. The van der Waals surface area contributed by atoms with Crippen molar-refractivity contribution in [2.75, 3.05) is 7.11 Å². The van der Waals surface area contributed by atoms with Gasteiger partial charge in [0.1, 0.15) is 45.8 Å². The summed E-state index contributed by atoms with van der Waals surface area (Å²) < 4.78 is 25.0. The number of benzene rings is 2. The molecule has 0 saturated heterocycles. The fourth-order valence-corrected chi connectivity index (χ4v) is 4.26. The molecule has 2 aromatic carbocycles. The van der Waals surface area contributed by atoms with Gasteiger partial charge >= 0.3 is 0 Å². The number of hydrogen-bond acceptors (Lipinski definition) is 7. The summed E-state index contributed by atoms with van der Waals surface area (Å²) in [7, 11) is 1.28. The second kappa shape index (κ2) is 7.84. The molecule has 1 aliphatic heterocycles. The monoisotopic (exact) mass is 453 g/mol. The van der Waals surface area contributed by atoms with Crippen LogP contribution in [0.2, 0.25) is 0 Å². The molecule has 4 rings (SSSR count). The molecule has 1 amide bonds. The molecule has 2 aliphatic rings. The van der Waals surface area contributed by atoms with E-state index in [-0.39, 0.29) is 40.5 Å². The predicted octanol–water partition coefficient (Wildman–Crippen LogP) is 2.36. The Morgan fingerprint density at radius 1 is 1.27 bits per heavy atom. The van der Waals surface area contributed by atoms with Crippen LogP contribution in [0, 0.1) is 11.7 Å². The molecule has 2 atom stereocenters. The minimum absolute atomic E-state index is 0.0469. The third kappa shape index (κ3) is 3.27. The number of aromatic hydroxyl groups is 1. The summed E-state index contributed by atoms with van der Waals surface area (Å²) in [6, 6.07) is 7.07. The molecule has 9 heteroatoms. The smallest absolute Gasteiger partial charge is 0.259 e. The van der Waals surface area contributed by atoms with Crippen molar-refractivity contribution < 1.29 is 38.1 Å². The topological polar surface area (TPSA) is 119 Å². The van der Waals surface area contributed by atoms with Crippen LogP contribution in [0.4, 0.5) is 4.39 Å². The summed E-state index contributed by atoms with van der Waals surface area (Å²) in [5.41, 5.74) is -1.60. The zero-order chi connectivity index (χ0) is 24.1. The molecule has 0 bridgehead atoms. The van der Waals surface area contributed by atoms with Crippen molar-refractivity contribution in [2.45, 2.75) is 25.8 Å². The van der Waals surface area contributed by atoms with Gasteiger partial charge in [-0.15, -0.1) is 0 Å². The first-order valence-corrected chi connectivity index (χ1v) is 10.1. The fraction of sp³-hybridized carbons (Fsp3) is 0.250. The Balaban J connectivity index is 1.82. The fourth-order valence-electron chi connectivity index (χ4n) is 4.26. The van der Waals surface area contributed by atoms with Crippen LogP contribution in [-0.4, -0.2) is 35.5 Å². The minimum Gasteiger partial charge on any atom is -0.507 e. The normalized spacial score (nSPS) is 21.0. The maximum atomic E-state index is 14.0. The van der Waals surface area contributed by atoms with Gasteiger partial charge in [-0.05, 0) is 19.9 Å². The van der Waals surface area contributed by atoms with Crippen LogP contribution in [0.25, 0.3) is 0 Å². The van der Waals surface area contributed by atoms with Crippen LogP contribution < -0.4 is 14.8 Å². The summed E-state index contributed by atoms with van der Waals surface area (Å²) in [6.45, 7) is 2.41. The maximum Gasteiger partial charge on any atom is 0.259 e. The quantitative estimate of drug-likeness (QED) is 0.667. The van der Waals surface area contributed by atoms with Gasteiger partial charge < -0.3 is 19.9 Å². The van der Waals surface area contributed by atoms with Crippen LogP contribution in [0.1, 0.15) is 35.3 Å². The highest BCUT2D eigenvalue weighted by Gasteiger charge is 2.58. The van der Waals surface area contributed by atoms with Crippen LogP contribution in [0.3, 0.4) is 0 Å². The molecular formula is C24H20FNO7. The lowest BCUT2D eigenvalue weighted by molar-refractivity contribution is -0.140. The van der Waals surface area contributed by atoms with Crippen molar-refractivity contribution in [3.05, 3.63) is 64.7 Å². The van der Waals surface area contributed by atoms with Gasteiger partial charge in [0, 0.05) is 24.3 Å². The van der Waals surface area contributed by atoms with E-state index in [1.807, 2.05) is 0 Å². The van der Waals surface area contributed by atoms with E-state index in [4.69, 9.17) is 9.47 Å². The van der Waals surface area contributed by atoms with Crippen molar-refractivity contribution in [3.63, 3.8) is 0 Å². The molecule has 0 fully saturated rings. The zero-order valence-corrected chi connectivity index (χ0v) is 18.0. The molecule has 33 heavy (non-hydrogen) atoms. The van der Waals surface area contributed by atoms with Gasteiger partial charge in [0.25, 0.3) is 5.91 Å². The number of ketones is 3. The van der Waals surface area contributed by atoms with Crippen molar-refractivity contribution in [1.82, 2.24) is 5.32 Å². The number of nitrogens with one attached hydrogen (secondary N) is 1. The second-order valence-corrected chi connectivity index (χ2v) is 8.00. The molecule has 0 radical (unpaired) electrons. The molecule has 1 aliphatic carbocycles. The molecule has 0 aromatic heterocycles. The number of ether oxygens (including phenoxy) is 2. The first kappa shape index (κ1) is 22.2. The minimum atomic E-state index is -1.66. The van der Waals surface area contributed by atoms with E-state index in [0.717, 1.165) is 19.1 Å². The number of allylic oxidation sites excluding steroid dienone is 2. The molecule has 1 heterocycles. The molecule has 8 nitrogen and oxygen atoms in total. The Morgan fingerprint density at radius 2 is 1.97 bits per heavy atom. The number of rotatable bonds is 5. The number of carbonyl (C=O) groups excluding carboxylic acids is 4. The van der Waals surface area contributed by atoms with E-state index < -0.39 is 46.2 Å². The molecule has 1 unspecified atom stereocenters. The molecule has 2 aromatic rings. The number of phenols is 1. The zero-order valence-electron chi connectivity index (χ0n) is 18.0.